The minimum absolute atomic E-state index is 0.0163. The Labute approximate surface area is 190 Å². The standard InChI is InChI=1S/C26H34N2O2S/c1-19-9-13-22(14-10-19)17-28(21(3)26(30)27-23-7-5-4-6-8-23)25(29)18-31-24-15-11-20(2)12-16-24/h9-16,21,23H,4-8,17-18H2,1-3H3,(H,27,30)/t21-/m0/s1. The van der Waals surface area contributed by atoms with Gasteiger partial charge < -0.3 is 10.2 Å². The second-order valence-corrected chi connectivity index (χ2v) is 9.68. The minimum atomic E-state index is -0.505. The largest absolute Gasteiger partial charge is 0.352 e. The molecule has 5 heteroatoms. The molecular weight excluding hydrogens is 404 g/mol. The maximum Gasteiger partial charge on any atom is 0.242 e. The van der Waals surface area contributed by atoms with Gasteiger partial charge in [-0.25, -0.2) is 0 Å². The van der Waals surface area contributed by atoms with Crippen LogP contribution in [0.2, 0.25) is 0 Å². The van der Waals surface area contributed by atoms with E-state index in [1.165, 1.54) is 42.2 Å². The van der Waals surface area contributed by atoms with Crippen LogP contribution in [0.1, 0.15) is 55.7 Å². The van der Waals surface area contributed by atoms with E-state index in [1.54, 1.807) is 4.90 Å². The number of rotatable bonds is 8. The van der Waals surface area contributed by atoms with Gasteiger partial charge in [0.05, 0.1) is 5.75 Å². The maximum atomic E-state index is 13.2. The third-order valence-corrected chi connectivity index (χ3v) is 6.97. The molecule has 0 aliphatic heterocycles. The first-order valence-corrected chi connectivity index (χ1v) is 12.3. The second-order valence-electron chi connectivity index (χ2n) is 8.63. The second kappa shape index (κ2) is 11.4. The first-order chi connectivity index (χ1) is 14.9. The van der Waals surface area contributed by atoms with Crippen LogP contribution in [0, 0.1) is 13.8 Å². The average molecular weight is 439 g/mol. The van der Waals surface area contributed by atoms with Crippen molar-refractivity contribution in [3.63, 3.8) is 0 Å². The van der Waals surface area contributed by atoms with Crippen LogP contribution >= 0.6 is 11.8 Å². The molecule has 1 N–H and O–H groups in total. The third-order valence-electron chi connectivity index (χ3n) is 5.98. The number of aryl methyl sites for hydroxylation is 2. The summed E-state index contributed by atoms with van der Waals surface area (Å²) in [5, 5.41) is 3.19. The third kappa shape index (κ3) is 7.13. The van der Waals surface area contributed by atoms with E-state index in [4.69, 9.17) is 0 Å². The highest BCUT2D eigenvalue weighted by Gasteiger charge is 2.28. The molecule has 2 aromatic rings. The van der Waals surface area contributed by atoms with E-state index in [1.807, 2.05) is 50.2 Å². The number of thioether (sulfide) groups is 1. The Hall–Kier alpha value is -2.27. The number of carbonyl (C=O) groups is 2. The molecule has 0 unspecified atom stereocenters. The van der Waals surface area contributed by atoms with Crippen molar-refractivity contribution in [2.75, 3.05) is 5.75 Å². The Kier molecular flexibility index (Phi) is 8.59. The molecule has 0 saturated heterocycles. The molecule has 0 bridgehead atoms. The first kappa shape index (κ1) is 23.4. The lowest BCUT2D eigenvalue weighted by Gasteiger charge is -2.31. The van der Waals surface area contributed by atoms with Crippen molar-refractivity contribution in [1.29, 1.82) is 0 Å². The van der Waals surface area contributed by atoms with E-state index in [2.05, 4.69) is 24.4 Å². The smallest absolute Gasteiger partial charge is 0.242 e. The van der Waals surface area contributed by atoms with Gasteiger partial charge in [-0.2, -0.15) is 0 Å². The van der Waals surface area contributed by atoms with Crippen molar-refractivity contribution in [3.05, 3.63) is 65.2 Å². The summed E-state index contributed by atoms with van der Waals surface area (Å²) < 4.78 is 0. The summed E-state index contributed by atoms with van der Waals surface area (Å²) in [5.74, 6) is 0.251. The molecule has 1 atom stereocenters. The zero-order chi connectivity index (χ0) is 22.2. The van der Waals surface area contributed by atoms with Crippen molar-refractivity contribution < 1.29 is 9.59 Å². The van der Waals surface area contributed by atoms with Crippen LogP contribution in [-0.4, -0.2) is 34.6 Å². The molecule has 31 heavy (non-hydrogen) atoms. The Morgan fingerprint density at radius 2 is 1.55 bits per heavy atom. The molecule has 3 rings (SSSR count). The van der Waals surface area contributed by atoms with Crippen LogP contribution < -0.4 is 5.32 Å². The molecule has 0 spiro atoms. The molecule has 166 valence electrons. The lowest BCUT2D eigenvalue weighted by Crippen LogP contribution is -2.50. The zero-order valence-electron chi connectivity index (χ0n) is 18.9. The lowest BCUT2D eigenvalue weighted by atomic mass is 9.95. The number of amides is 2. The monoisotopic (exact) mass is 438 g/mol. The molecular formula is C26H34N2O2S. The molecule has 0 heterocycles. The summed E-state index contributed by atoms with van der Waals surface area (Å²) in [4.78, 5) is 29.0. The number of hydrogen-bond donors (Lipinski definition) is 1. The van der Waals surface area contributed by atoms with Crippen LogP contribution in [0.25, 0.3) is 0 Å². The summed E-state index contributed by atoms with van der Waals surface area (Å²) >= 11 is 1.52. The molecule has 0 aromatic heterocycles. The lowest BCUT2D eigenvalue weighted by molar-refractivity contribution is -0.139. The molecule has 1 fully saturated rings. The Morgan fingerprint density at radius 1 is 0.968 bits per heavy atom. The fourth-order valence-corrected chi connectivity index (χ4v) is 4.69. The normalized spacial score (nSPS) is 15.3. The van der Waals surface area contributed by atoms with Crippen LogP contribution in [0.5, 0.6) is 0 Å². The van der Waals surface area contributed by atoms with E-state index < -0.39 is 6.04 Å². The van der Waals surface area contributed by atoms with Crippen molar-refractivity contribution >= 4 is 23.6 Å². The van der Waals surface area contributed by atoms with E-state index in [0.29, 0.717) is 12.3 Å². The molecule has 1 saturated carbocycles. The number of nitrogens with one attached hydrogen (secondary N) is 1. The number of benzene rings is 2. The summed E-state index contributed by atoms with van der Waals surface area (Å²) in [6.45, 7) is 6.38. The molecule has 1 aliphatic rings. The van der Waals surface area contributed by atoms with Crippen LogP contribution in [0.15, 0.2) is 53.4 Å². The number of nitrogens with zero attached hydrogens (tertiary/aromatic N) is 1. The van der Waals surface area contributed by atoms with Gasteiger partial charge >= 0.3 is 0 Å². The van der Waals surface area contributed by atoms with Gasteiger partial charge in [-0.1, -0.05) is 66.8 Å². The molecule has 2 amide bonds. The Balaban J connectivity index is 1.69. The SMILES string of the molecule is Cc1ccc(CN(C(=O)CSc2ccc(C)cc2)[C@@H](C)C(=O)NC2CCCCC2)cc1. The topological polar surface area (TPSA) is 49.4 Å². The van der Waals surface area contributed by atoms with Gasteiger partial charge in [0.25, 0.3) is 0 Å². The van der Waals surface area contributed by atoms with Crippen molar-refractivity contribution in [1.82, 2.24) is 10.2 Å². The van der Waals surface area contributed by atoms with Crippen LogP contribution in [0.3, 0.4) is 0 Å². The van der Waals surface area contributed by atoms with Gasteiger partial charge in [-0.15, -0.1) is 11.8 Å². The predicted molar refractivity (Wildman–Crippen MR) is 128 cm³/mol. The predicted octanol–water partition coefficient (Wildman–Crippen LogP) is 5.26. The summed E-state index contributed by atoms with van der Waals surface area (Å²) in [5.41, 5.74) is 3.42. The highest BCUT2D eigenvalue weighted by molar-refractivity contribution is 8.00. The number of hydrogen-bond acceptors (Lipinski definition) is 3. The molecule has 4 nitrogen and oxygen atoms in total. The van der Waals surface area contributed by atoms with Gasteiger partial charge in [0.2, 0.25) is 11.8 Å². The molecule has 1 aliphatic carbocycles. The van der Waals surface area contributed by atoms with Gasteiger partial charge in [0.1, 0.15) is 6.04 Å². The fourth-order valence-electron chi connectivity index (χ4n) is 3.90. The summed E-state index contributed by atoms with van der Waals surface area (Å²) in [7, 11) is 0. The van der Waals surface area contributed by atoms with Gasteiger partial charge in [-0.05, 0) is 51.3 Å². The van der Waals surface area contributed by atoms with E-state index >= 15 is 0 Å². The van der Waals surface area contributed by atoms with Crippen LogP contribution in [-0.2, 0) is 16.1 Å². The average Bonchev–Trinajstić information content (AvgIpc) is 2.78. The van der Waals surface area contributed by atoms with Crippen molar-refractivity contribution in [2.24, 2.45) is 0 Å². The Bertz CT molecular complexity index is 858. The van der Waals surface area contributed by atoms with E-state index in [9.17, 15) is 9.59 Å². The summed E-state index contributed by atoms with van der Waals surface area (Å²) in [6, 6.07) is 16.1. The van der Waals surface area contributed by atoms with Crippen molar-refractivity contribution in [3.8, 4) is 0 Å². The van der Waals surface area contributed by atoms with Gasteiger partial charge in [0, 0.05) is 17.5 Å². The maximum absolute atomic E-state index is 13.2. The van der Waals surface area contributed by atoms with E-state index in [0.717, 1.165) is 23.3 Å². The van der Waals surface area contributed by atoms with Crippen molar-refractivity contribution in [2.45, 2.75) is 76.4 Å². The molecule has 2 aromatic carbocycles. The fraction of sp³-hybridized carbons (Fsp3) is 0.462. The quantitative estimate of drug-likeness (QED) is 0.572. The highest BCUT2D eigenvalue weighted by atomic mass is 32.2. The van der Waals surface area contributed by atoms with E-state index in [-0.39, 0.29) is 17.9 Å². The zero-order valence-corrected chi connectivity index (χ0v) is 19.7. The van der Waals surface area contributed by atoms with Gasteiger partial charge in [0.15, 0.2) is 0 Å². The highest BCUT2D eigenvalue weighted by Crippen LogP contribution is 2.21. The summed E-state index contributed by atoms with van der Waals surface area (Å²) in [6.07, 6.45) is 5.65. The minimum Gasteiger partial charge on any atom is -0.352 e. The Morgan fingerprint density at radius 3 is 2.16 bits per heavy atom. The van der Waals surface area contributed by atoms with Gasteiger partial charge in [-0.3, -0.25) is 9.59 Å². The first-order valence-electron chi connectivity index (χ1n) is 11.3. The molecule has 0 radical (unpaired) electrons. The number of carbonyl (C=O) groups excluding carboxylic acids is 2. The van der Waals surface area contributed by atoms with Crippen LogP contribution in [0.4, 0.5) is 0 Å².